The molecule has 0 amide bonds. The van der Waals surface area contributed by atoms with Crippen LogP contribution in [0.1, 0.15) is 30.0 Å². The Kier molecular flexibility index (Phi) is 5.64. The molecule has 0 saturated carbocycles. The van der Waals surface area contributed by atoms with Gasteiger partial charge in [-0.15, -0.1) is 0 Å². The van der Waals surface area contributed by atoms with E-state index in [1.807, 2.05) is 0 Å². The minimum atomic E-state index is 0.523. The van der Waals surface area contributed by atoms with Crippen LogP contribution in [0.15, 0.2) is 6.07 Å². The number of ether oxygens (including phenoxy) is 2. The van der Waals surface area contributed by atoms with Crippen LogP contribution in [-0.2, 0) is 19.5 Å². The van der Waals surface area contributed by atoms with E-state index >= 15 is 0 Å². The second-order valence-corrected chi connectivity index (χ2v) is 7.00. The van der Waals surface area contributed by atoms with E-state index in [4.69, 9.17) is 9.47 Å². The van der Waals surface area contributed by atoms with Crippen molar-refractivity contribution in [2.24, 2.45) is 0 Å². The van der Waals surface area contributed by atoms with Gasteiger partial charge in [0.1, 0.15) is 11.5 Å². The molecule has 2 heterocycles. The van der Waals surface area contributed by atoms with Crippen molar-refractivity contribution in [1.82, 2.24) is 15.1 Å². The van der Waals surface area contributed by atoms with Gasteiger partial charge >= 0.3 is 0 Å². The number of hydrogen-bond acceptors (Lipinski definition) is 5. The molecule has 0 spiro atoms. The smallest absolute Gasteiger partial charge is 0.127 e. The summed E-state index contributed by atoms with van der Waals surface area (Å²) in [5, 5.41) is 3.61. The Morgan fingerprint density at radius 3 is 2.50 bits per heavy atom. The van der Waals surface area contributed by atoms with Crippen LogP contribution < -0.4 is 14.8 Å². The molecular formula is C19H31N3O2. The molecule has 1 N–H and O–H groups in total. The number of hydrogen-bond donors (Lipinski definition) is 1. The second-order valence-electron chi connectivity index (χ2n) is 7.00. The molecular weight excluding hydrogens is 302 g/mol. The fourth-order valence-corrected chi connectivity index (χ4v) is 3.85. The third kappa shape index (κ3) is 3.53. The van der Waals surface area contributed by atoms with Gasteiger partial charge in [0, 0.05) is 62.0 Å². The number of rotatable bonds is 5. The summed E-state index contributed by atoms with van der Waals surface area (Å²) in [5.41, 5.74) is 3.86. The standard InChI is InChI=1S/C19H31N3O2/c1-5-15-11-16-17(12-20-15)18(23-3)10-14(19(16)24-4)13-22-8-6-21(2)7-9-22/h10,15,20H,5-9,11-13H2,1-4H3. The maximum Gasteiger partial charge on any atom is 0.127 e. The zero-order chi connectivity index (χ0) is 17.1. The Morgan fingerprint density at radius 2 is 1.88 bits per heavy atom. The van der Waals surface area contributed by atoms with Crippen LogP contribution in [0.25, 0.3) is 0 Å². The maximum atomic E-state index is 5.88. The van der Waals surface area contributed by atoms with Gasteiger partial charge in [0.05, 0.1) is 14.2 Å². The molecule has 3 rings (SSSR count). The van der Waals surface area contributed by atoms with Crippen LogP contribution in [0, 0.1) is 0 Å². The molecule has 134 valence electrons. The van der Waals surface area contributed by atoms with E-state index in [-0.39, 0.29) is 0 Å². The highest BCUT2D eigenvalue weighted by Gasteiger charge is 2.26. The van der Waals surface area contributed by atoms with Crippen LogP contribution >= 0.6 is 0 Å². The van der Waals surface area contributed by atoms with Crippen molar-refractivity contribution in [2.45, 2.75) is 38.9 Å². The molecule has 0 aromatic heterocycles. The van der Waals surface area contributed by atoms with Crippen LogP contribution in [0.2, 0.25) is 0 Å². The normalized spacial score (nSPS) is 22.2. The fourth-order valence-electron chi connectivity index (χ4n) is 3.85. The van der Waals surface area contributed by atoms with Crippen LogP contribution in [0.3, 0.4) is 0 Å². The zero-order valence-electron chi connectivity index (χ0n) is 15.5. The fraction of sp³-hybridized carbons (Fsp3) is 0.684. The van der Waals surface area contributed by atoms with E-state index in [0.717, 1.165) is 63.6 Å². The number of benzene rings is 1. The first-order valence-electron chi connectivity index (χ1n) is 9.06. The second kappa shape index (κ2) is 7.72. The Bertz CT molecular complexity index is 568. The van der Waals surface area contributed by atoms with Gasteiger partial charge in [0.2, 0.25) is 0 Å². The predicted molar refractivity (Wildman–Crippen MR) is 96.9 cm³/mol. The first kappa shape index (κ1) is 17.5. The summed E-state index contributed by atoms with van der Waals surface area (Å²) in [4.78, 5) is 4.90. The minimum Gasteiger partial charge on any atom is -0.496 e. The first-order chi connectivity index (χ1) is 11.7. The maximum absolute atomic E-state index is 5.88. The molecule has 1 aromatic carbocycles. The van der Waals surface area contributed by atoms with E-state index in [9.17, 15) is 0 Å². The van der Waals surface area contributed by atoms with Gasteiger partial charge in [0.15, 0.2) is 0 Å². The van der Waals surface area contributed by atoms with Crippen molar-refractivity contribution in [2.75, 3.05) is 47.4 Å². The summed E-state index contributed by atoms with van der Waals surface area (Å²) in [7, 11) is 5.77. The number of fused-ring (bicyclic) bond motifs is 1. The highest BCUT2D eigenvalue weighted by Crippen LogP contribution is 2.38. The topological polar surface area (TPSA) is 37.0 Å². The summed E-state index contributed by atoms with van der Waals surface area (Å²) < 4.78 is 11.6. The number of methoxy groups -OCH3 is 2. The van der Waals surface area contributed by atoms with E-state index in [1.165, 1.54) is 16.7 Å². The molecule has 1 unspecified atom stereocenters. The average Bonchev–Trinajstić information content (AvgIpc) is 2.62. The molecule has 5 heteroatoms. The minimum absolute atomic E-state index is 0.523. The molecule has 5 nitrogen and oxygen atoms in total. The zero-order valence-corrected chi connectivity index (χ0v) is 15.5. The summed E-state index contributed by atoms with van der Waals surface area (Å²) in [6.07, 6.45) is 2.15. The van der Waals surface area contributed by atoms with Crippen molar-refractivity contribution in [3.8, 4) is 11.5 Å². The molecule has 1 fully saturated rings. The van der Waals surface area contributed by atoms with Crippen molar-refractivity contribution in [3.63, 3.8) is 0 Å². The van der Waals surface area contributed by atoms with Gasteiger partial charge in [-0.3, -0.25) is 4.90 Å². The molecule has 0 bridgehead atoms. The third-order valence-electron chi connectivity index (χ3n) is 5.46. The Balaban J connectivity index is 1.91. The van der Waals surface area contributed by atoms with Gasteiger partial charge in [-0.25, -0.2) is 0 Å². The van der Waals surface area contributed by atoms with E-state index in [0.29, 0.717) is 6.04 Å². The lowest BCUT2D eigenvalue weighted by Crippen LogP contribution is -2.44. The SMILES string of the molecule is CCC1Cc2c(c(OC)cc(CN3CCN(C)CC3)c2OC)CN1. The van der Waals surface area contributed by atoms with Crippen molar-refractivity contribution >= 4 is 0 Å². The van der Waals surface area contributed by atoms with E-state index < -0.39 is 0 Å². The number of nitrogens with zero attached hydrogens (tertiary/aromatic N) is 2. The lowest BCUT2D eigenvalue weighted by Gasteiger charge is -2.34. The molecule has 2 aliphatic rings. The lowest BCUT2D eigenvalue weighted by atomic mass is 9.90. The lowest BCUT2D eigenvalue weighted by molar-refractivity contribution is 0.147. The molecule has 1 atom stereocenters. The quantitative estimate of drug-likeness (QED) is 0.890. The van der Waals surface area contributed by atoms with Crippen molar-refractivity contribution in [1.29, 1.82) is 0 Å². The number of likely N-dealkylation sites (N-methyl/N-ethyl adjacent to an activating group) is 1. The highest BCUT2D eigenvalue weighted by atomic mass is 16.5. The highest BCUT2D eigenvalue weighted by molar-refractivity contribution is 5.55. The van der Waals surface area contributed by atoms with Gasteiger partial charge in [0.25, 0.3) is 0 Å². The van der Waals surface area contributed by atoms with E-state index in [2.05, 4.69) is 35.2 Å². The van der Waals surface area contributed by atoms with Crippen molar-refractivity contribution in [3.05, 3.63) is 22.8 Å². The first-order valence-corrected chi connectivity index (χ1v) is 9.06. The Hall–Kier alpha value is -1.30. The largest absolute Gasteiger partial charge is 0.496 e. The van der Waals surface area contributed by atoms with Gasteiger partial charge < -0.3 is 19.7 Å². The molecule has 1 aromatic rings. The summed E-state index contributed by atoms with van der Waals surface area (Å²) in [5.74, 6) is 2.07. The molecule has 2 aliphatic heterocycles. The molecule has 1 saturated heterocycles. The Morgan fingerprint density at radius 1 is 1.12 bits per heavy atom. The Labute approximate surface area is 145 Å². The summed E-state index contributed by atoms with van der Waals surface area (Å²) in [6.45, 7) is 8.52. The third-order valence-corrected chi connectivity index (χ3v) is 5.46. The predicted octanol–water partition coefficient (Wildman–Crippen LogP) is 1.88. The van der Waals surface area contributed by atoms with Crippen LogP contribution in [0.4, 0.5) is 0 Å². The summed E-state index contributed by atoms with van der Waals surface area (Å²) >= 11 is 0. The molecule has 0 radical (unpaired) electrons. The van der Waals surface area contributed by atoms with Gasteiger partial charge in [-0.1, -0.05) is 6.92 Å². The van der Waals surface area contributed by atoms with Crippen molar-refractivity contribution < 1.29 is 9.47 Å². The number of piperazine rings is 1. The monoisotopic (exact) mass is 333 g/mol. The van der Waals surface area contributed by atoms with Crippen LogP contribution in [-0.4, -0.2) is 63.3 Å². The molecule has 0 aliphatic carbocycles. The van der Waals surface area contributed by atoms with Crippen LogP contribution in [0.5, 0.6) is 11.5 Å². The average molecular weight is 333 g/mol. The van der Waals surface area contributed by atoms with E-state index in [1.54, 1.807) is 14.2 Å². The van der Waals surface area contributed by atoms with Gasteiger partial charge in [-0.2, -0.15) is 0 Å². The number of nitrogens with one attached hydrogen (secondary N) is 1. The van der Waals surface area contributed by atoms with Gasteiger partial charge in [-0.05, 0) is 26.0 Å². The molecule has 24 heavy (non-hydrogen) atoms. The summed E-state index contributed by atoms with van der Waals surface area (Å²) in [6, 6.07) is 2.71.